The Labute approximate surface area is 127 Å². The highest BCUT2D eigenvalue weighted by molar-refractivity contribution is 5.77. The predicted octanol–water partition coefficient (Wildman–Crippen LogP) is 2.28. The number of hydrogen-bond donors (Lipinski definition) is 1. The fourth-order valence-electron chi connectivity index (χ4n) is 3.17. The quantitative estimate of drug-likeness (QED) is 0.905. The number of ether oxygens (including phenoxy) is 1. The third-order valence-corrected chi connectivity index (χ3v) is 4.28. The lowest BCUT2D eigenvalue weighted by Crippen LogP contribution is -2.44. The standard InChI is InChI=1S/C17H26N2O2/c1-3-13-7-4-5-8-14(13)17-15(18)9-6-10-16(20)19(17)11-12-21-2/h4-5,7-8,15,17H,3,6,9-12,18H2,1-2H3. The van der Waals surface area contributed by atoms with Crippen LogP contribution >= 0.6 is 0 Å². The fourth-order valence-corrected chi connectivity index (χ4v) is 3.17. The van der Waals surface area contributed by atoms with Crippen LogP contribution in [0.25, 0.3) is 0 Å². The number of nitrogens with zero attached hydrogens (tertiary/aromatic N) is 1. The summed E-state index contributed by atoms with van der Waals surface area (Å²) in [5, 5.41) is 0. The molecule has 2 N–H and O–H groups in total. The zero-order valence-electron chi connectivity index (χ0n) is 13.0. The van der Waals surface area contributed by atoms with Crippen molar-refractivity contribution in [2.75, 3.05) is 20.3 Å². The van der Waals surface area contributed by atoms with Crippen molar-refractivity contribution in [3.63, 3.8) is 0 Å². The van der Waals surface area contributed by atoms with E-state index in [4.69, 9.17) is 10.5 Å². The van der Waals surface area contributed by atoms with E-state index in [1.165, 1.54) is 11.1 Å². The molecule has 1 amide bonds. The zero-order chi connectivity index (χ0) is 15.2. The van der Waals surface area contributed by atoms with Gasteiger partial charge >= 0.3 is 0 Å². The number of likely N-dealkylation sites (tertiary alicyclic amines) is 1. The molecule has 1 aliphatic heterocycles. The number of carbonyl (C=O) groups is 1. The molecule has 21 heavy (non-hydrogen) atoms. The Kier molecular flexibility index (Phi) is 5.76. The number of benzene rings is 1. The van der Waals surface area contributed by atoms with Gasteiger partial charge in [-0.15, -0.1) is 0 Å². The van der Waals surface area contributed by atoms with Crippen LogP contribution < -0.4 is 5.73 Å². The summed E-state index contributed by atoms with van der Waals surface area (Å²) in [5.74, 6) is 0.191. The third-order valence-electron chi connectivity index (χ3n) is 4.28. The topological polar surface area (TPSA) is 55.6 Å². The molecular formula is C17H26N2O2. The third kappa shape index (κ3) is 3.63. The smallest absolute Gasteiger partial charge is 0.223 e. The Balaban J connectivity index is 2.39. The van der Waals surface area contributed by atoms with Crippen LogP contribution in [-0.4, -0.2) is 37.1 Å². The van der Waals surface area contributed by atoms with E-state index in [0.717, 1.165) is 19.3 Å². The molecule has 4 heteroatoms. The minimum Gasteiger partial charge on any atom is -0.383 e. The predicted molar refractivity (Wildman–Crippen MR) is 84.0 cm³/mol. The van der Waals surface area contributed by atoms with Crippen LogP contribution in [0.5, 0.6) is 0 Å². The van der Waals surface area contributed by atoms with E-state index in [2.05, 4.69) is 19.1 Å². The molecule has 2 atom stereocenters. The number of amides is 1. The monoisotopic (exact) mass is 290 g/mol. The van der Waals surface area contributed by atoms with Crippen molar-refractivity contribution in [1.29, 1.82) is 0 Å². The lowest BCUT2D eigenvalue weighted by molar-refractivity contribution is -0.134. The molecule has 116 valence electrons. The number of carbonyl (C=O) groups excluding carboxylic acids is 1. The van der Waals surface area contributed by atoms with Gasteiger partial charge < -0.3 is 15.4 Å². The molecule has 1 aliphatic rings. The lowest BCUT2D eigenvalue weighted by Gasteiger charge is -2.35. The molecule has 1 heterocycles. The Morgan fingerprint density at radius 2 is 2.14 bits per heavy atom. The molecule has 0 saturated carbocycles. The number of methoxy groups -OCH3 is 1. The van der Waals surface area contributed by atoms with Crippen molar-refractivity contribution in [2.45, 2.75) is 44.7 Å². The molecule has 1 aromatic rings. The second-order valence-electron chi connectivity index (χ2n) is 5.63. The molecule has 0 radical (unpaired) electrons. The van der Waals surface area contributed by atoms with E-state index in [9.17, 15) is 4.79 Å². The molecule has 2 unspecified atom stereocenters. The number of aryl methyl sites for hydroxylation is 1. The van der Waals surface area contributed by atoms with Gasteiger partial charge in [-0.1, -0.05) is 31.2 Å². The van der Waals surface area contributed by atoms with Crippen molar-refractivity contribution in [2.24, 2.45) is 5.73 Å². The second-order valence-corrected chi connectivity index (χ2v) is 5.63. The van der Waals surface area contributed by atoms with Gasteiger partial charge in [0, 0.05) is 26.1 Å². The van der Waals surface area contributed by atoms with Gasteiger partial charge in [0.1, 0.15) is 0 Å². The molecule has 1 aromatic carbocycles. The largest absolute Gasteiger partial charge is 0.383 e. The van der Waals surface area contributed by atoms with Gasteiger partial charge in [0.05, 0.1) is 12.6 Å². The van der Waals surface area contributed by atoms with Gasteiger partial charge in [0.15, 0.2) is 0 Å². The zero-order valence-corrected chi connectivity index (χ0v) is 13.0. The van der Waals surface area contributed by atoms with E-state index in [1.807, 2.05) is 17.0 Å². The summed E-state index contributed by atoms with van der Waals surface area (Å²) in [7, 11) is 1.66. The molecule has 1 saturated heterocycles. The first-order valence-electron chi connectivity index (χ1n) is 7.80. The van der Waals surface area contributed by atoms with E-state index < -0.39 is 0 Å². The molecule has 0 spiro atoms. The maximum Gasteiger partial charge on any atom is 0.223 e. The second kappa shape index (κ2) is 7.57. The maximum absolute atomic E-state index is 12.5. The molecule has 1 fully saturated rings. The number of nitrogens with two attached hydrogens (primary N) is 1. The fraction of sp³-hybridized carbons (Fsp3) is 0.588. The van der Waals surface area contributed by atoms with E-state index >= 15 is 0 Å². The average Bonchev–Trinajstić information content (AvgIpc) is 2.64. The van der Waals surface area contributed by atoms with E-state index in [1.54, 1.807) is 7.11 Å². The van der Waals surface area contributed by atoms with E-state index in [-0.39, 0.29) is 18.0 Å². The Hall–Kier alpha value is -1.39. The van der Waals surface area contributed by atoms with Crippen molar-refractivity contribution >= 4 is 5.91 Å². The van der Waals surface area contributed by atoms with Gasteiger partial charge in [0.25, 0.3) is 0 Å². The minimum absolute atomic E-state index is 0.0130. The average molecular weight is 290 g/mol. The Morgan fingerprint density at radius 1 is 1.38 bits per heavy atom. The highest BCUT2D eigenvalue weighted by atomic mass is 16.5. The van der Waals surface area contributed by atoms with Crippen LogP contribution in [0.1, 0.15) is 43.4 Å². The van der Waals surface area contributed by atoms with Crippen LogP contribution in [0.2, 0.25) is 0 Å². The van der Waals surface area contributed by atoms with Crippen LogP contribution in [0, 0.1) is 0 Å². The first-order chi connectivity index (χ1) is 10.2. The van der Waals surface area contributed by atoms with Gasteiger partial charge in [-0.05, 0) is 30.4 Å². The van der Waals surface area contributed by atoms with Crippen LogP contribution in [-0.2, 0) is 16.0 Å². The molecular weight excluding hydrogens is 264 g/mol. The first kappa shape index (κ1) is 16.0. The summed E-state index contributed by atoms with van der Waals surface area (Å²) in [6.07, 6.45) is 3.29. The Morgan fingerprint density at radius 3 is 2.86 bits per heavy atom. The maximum atomic E-state index is 12.5. The SMILES string of the molecule is CCc1ccccc1C1C(N)CCCC(=O)N1CCOC. The van der Waals surface area contributed by atoms with Crippen molar-refractivity contribution in [1.82, 2.24) is 4.90 Å². The first-order valence-corrected chi connectivity index (χ1v) is 7.80. The summed E-state index contributed by atoms with van der Waals surface area (Å²) in [6, 6.07) is 8.28. The number of rotatable bonds is 5. The summed E-state index contributed by atoms with van der Waals surface area (Å²) in [4.78, 5) is 14.4. The minimum atomic E-state index is -0.0358. The molecule has 0 aliphatic carbocycles. The molecule has 0 bridgehead atoms. The van der Waals surface area contributed by atoms with Crippen molar-refractivity contribution in [3.8, 4) is 0 Å². The van der Waals surface area contributed by atoms with Crippen LogP contribution in [0.15, 0.2) is 24.3 Å². The highest BCUT2D eigenvalue weighted by Gasteiger charge is 2.33. The number of hydrogen-bond acceptors (Lipinski definition) is 3. The van der Waals surface area contributed by atoms with E-state index in [0.29, 0.717) is 19.6 Å². The van der Waals surface area contributed by atoms with Gasteiger partial charge in [0.2, 0.25) is 5.91 Å². The molecule has 0 aromatic heterocycles. The van der Waals surface area contributed by atoms with Gasteiger partial charge in [-0.25, -0.2) is 0 Å². The summed E-state index contributed by atoms with van der Waals surface area (Å²) < 4.78 is 5.18. The Bertz CT molecular complexity index is 476. The summed E-state index contributed by atoms with van der Waals surface area (Å²) >= 11 is 0. The molecule has 2 rings (SSSR count). The normalized spacial score (nSPS) is 23.2. The molecule has 4 nitrogen and oxygen atoms in total. The van der Waals surface area contributed by atoms with Crippen molar-refractivity contribution < 1.29 is 9.53 Å². The van der Waals surface area contributed by atoms with Crippen LogP contribution in [0.4, 0.5) is 0 Å². The lowest BCUT2D eigenvalue weighted by atomic mass is 9.91. The highest BCUT2D eigenvalue weighted by Crippen LogP contribution is 2.32. The summed E-state index contributed by atoms with van der Waals surface area (Å²) in [5.41, 5.74) is 8.89. The van der Waals surface area contributed by atoms with Crippen molar-refractivity contribution in [3.05, 3.63) is 35.4 Å². The summed E-state index contributed by atoms with van der Waals surface area (Å²) in [6.45, 7) is 3.29. The van der Waals surface area contributed by atoms with Crippen LogP contribution in [0.3, 0.4) is 0 Å². The van der Waals surface area contributed by atoms with Gasteiger partial charge in [-0.3, -0.25) is 4.79 Å². The van der Waals surface area contributed by atoms with Gasteiger partial charge in [-0.2, -0.15) is 0 Å².